The number of aryl methyl sites for hydroxylation is 1. The second-order valence-electron chi connectivity index (χ2n) is 10.2. The van der Waals surface area contributed by atoms with Gasteiger partial charge >= 0.3 is 0 Å². The Morgan fingerprint density at radius 1 is 0.952 bits per heavy atom. The zero-order valence-corrected chi connectivity index (χ0v) is 23.5. The van der Waals surface area contributed by atoms with Gasteiger partial charge in [0.2, 0.25) is 5.88 Å². The minimum absolute atomic E-state index is 0.0597. The number of hydrogen-bond acceptors (Lipinski definition) is 7. The fraction of sp³-hybridized carbons (Fsp3) is 0.250. The van der Waals surface area contributed by atoms with Crippen LogP contribution in [0.1, 0.15) is 40.0 Å². The molecule has 3 heterocycles. The van der Waals surface area contributed by atoms with Crippen molar-refractivity contribution in [2.24, 2.45) is 0 Å². The smallest absolute Gasteiger partial charge is 0.282 e. The van der Waals surface area contributed by atoms with E-state index in [1.54, 1.807) is 44.6 Å². The summed E-state index contributed by atoms with van der Waals surface area (Å²) in [6.07, 6.45) is 3.92. The molecule has 0 bridgehead atoms. The van der Waals surface area contributed by atoms with Gasteiger partial charge in [-0.3, -0.25) is 14.3 Å². The highest BCUT2D eigenvalue weighted by molar-refractivity contribution is 5.98. The highest BCUT2D eigenvalue weighted by Gasteiger charge is 2.27. The van der Waals surface area contributed by atoms with Crippen LogP contribution in [0.5, 0.6) is 23.1 Å². The predicted octanol–water partition coefficient (Wildman–Crippen LogP) is 5.60. The minimum Gasteiger partial charge on any atom is -0.493 e. The first-order valence-electron chi connectivity index (χ1n) is 13.7. The van der Waals surface area contributed by atoms with Crippen molar-refractivity contribution in [3.05, 3.63) is 99.5 Å². The average molecular weight is 569 g/mol. The zero-order chi connectivity index (χ0) is 29.4. The van der Waals surface area contributed by atoms with Crippen molar-refractivity contribution in [3.8, 4) is 28.8 Å². The van der Waals surface area contributed by atoms with E-state index in [4.69, 9.17) is 14.2 Å². The Balaban J connectivity index is 1.28. The molecule has 3 aromatic carbocycles. The molecular formula is C32H29FN4O5. The molecule has 2 aromatic heterocycles. The number of ketones is 1. The number of Topliss-reactive ketones (excluding diaryl/α,β-unsaturated/α-hetero) is 1. The van der Waals surface area contributed by atoms with E-state index in [9.17, 15) is 14.0 Å². The predicted molar refractivity (Wildman–Crippen MR) is 155 cm³/mol. The minimum atomic E-state index is -0.385. The monoisotopic (exact) mass is 568 g/mol. The number of halogens is 1. The lowest BCUT2D eigenvalue weighted by Crippen LogP contribution is -2.24. The average Bonchev–Trinajstić information content (AvgIpc) is 3.30. The van der Waals surface area contributed by atoms with Gasteiger partial charge in [0, 0.05) is 19.0 Å². The van der Waals surface area contributed by atoms with Gasteiger partial charge in [-0.2, -0.15) is 0 Å². The van der Waals surface area contributed by atoms with Crippen molar-refractivity contribution in [1.82, 2.24) is 19.3 Å². The second-order valence-corrected chi connectivity index (χ2v) is 10.2. The molecule has 10 heteroatoms. The zero-order valence-electron chi connectivity index (χ0n) is 23.5. The highest BCUT2D eigenvalue weighted by atomic mass is 19.1. The summed E-state index contributed by atoms with van der Waals surface area (Å²) in [5, 5.41) is 0.657. The molecule has 5 aromatic rings. The largest absolute Gasteiger partial charge is 0.493 e. The quantitative estimate of drug-likeness (QED) is 0.225. The van der Waals surface area contributed by atoms with Crippen LogP contribution in [0.15, 0.2) is 65.7 Å². The summed E-state index contributed by atoms with van der Waals surface area (Å²) in [4.78, 5) is 35.8. The molecule has 0 N–H and O–H groups in total. The normalized spacial score (nSPS) is 12.7. The summed E-state index contributed by atoms with van der Waals surface area (Å²) in [6, 6.07) is 14.8. The third kappa shape index (κ3) is 4.89. The van der Waals surface area contributed by atoms with Gasteiger partial charge in [0.25, 0.3) is 5.56 Å². The van der Waals surface area contributed by atoms with Crippen molar-refractivity contribution in [2.75, 3.05) is 14.2 Å². The Morgan fingerprint density at radius 2 is 1.71 bits per heavy atom. The van der Waals surface area contributed by atoms with Gasteiger partial charge < -0.3 is 14.2 Å². The maximum atomic E-state index is 13.6. The molecule has 0 radical (unpaired) electrons. The molecule has 0 saturated heterocycles. The van der Waals surface area contributed by atoms with Gasteiger partial charge in [-0.1, -0.05) is 12.1 Å². The van der Waals surface area contributed by atoms with Crippen LogP contribution in [-0.4, -0.2) is 39.3 Å². The van der Waals surface area contributed by atoms with E-state index in [2.05, 4.69) is 9.97 Å². The maximum absolute atomic E-state index is 13.6. The molecule has 214 valence electrons. The Labute approximate surface area is 241 Å². The van der Waals surface area contributed by atoms with Gasteiger partial charge in [-0.05, 0) is 73.7 Å². The topological polar surface area (TPSA) is 97.5 Å². The summed E-state index contributed by atoms with van der Waals surface area (Å²) in [5.74, 6) is 1.37. The second kappa shape index (κ2) is 11.1. The molecular weight excluding hydrogens is 539 g/mol. The Bertz CT molecular complexity index is 1880. The molecule has 0 fully saturated rings. The maximum Gasteiger partial charge on any atom is 0.282 e. The van der Waals surface area contributed by atoms with Gasteiger partial charge in [0.05, 0.1) is 36.5 Å². The first-order valence-corrected chi connectivity index (χ1v) is 13.7. The number of methoxy groups -OCH3 is 2. The van der Waals surface area contributed by atoms with Crippen LogP contribution in [0, 0.1) is 12.7 Å². The molecule has 6 rings (SSSR count). The van der Waals surface area contributed by atoms with Crippen LogP contribution in [0.3, 0.4) is 0 Å². The van der Waals surface area contributed by atoms with Gasteiger partial charge in [0.15, 0.2) is 17.3 Å². The van der Waals surface area contributed by atoms with E-state index in [1.807, 2.05) is 23.7 Å². The van der Waals surface area contributed by atoms with Crippen LogP contribution in [0.4, 0.5) is 4.39 Å². The molecule has 0 aliphatic carbocycles. The standard InChI is InChI=1S/C32H29FN4O5/c1-19-14-20(7-12-27(19)42-31-23-16-28(40-2)29(41-3)17-24(23)34-18-35-31)15-26(38)30-25-6-4-5-13-36(25)37(32(30)39)22-10-8-21(33)9-11-22/h7-12,14,16-18H,4-6,13,15H2,1-3H3. The number of benzene rings is 3. The fourth-order valence-electron chi connectivity index (χ4n) is 5.51. The molecule has 9 nitrogen and oxygen atoms in total. The van der Waals surface area contributed by atoms with E-state index >= 15 is 0 Å². The van der Waals surface area contributed by atoms with Gasteiger partial charge in [-0.15, -0.1) is 0 Å². The van der Waals surface area contributed by atoms with Gasteiger partial charge in [0.1, 0.15) is 23.5 Å². The molecule has 0 spiro atoms. The van der Waals surface area contributed by atoms with Crippen LogP contribution >= 0.6 is 0 Å². The molecule has 0 unspecified atom stereocenters. The number of carbonyl (C=O) groups is 1. The van der Waals surface area contributed by atoms with Crippen molar-refractivity contribution in [1.29, 1.82) is 0 Å². The number of nitrogens with zero attached hydrogens (tertiary/aromatic N) is 4. The van der Waals surface area contributed by atoms with E-state index in [-0.39, 0.29) is 29.1 Å². The first kappa shape index (κ1) is 27.2. The number of ether oxygens (including phenoxy) is 3. The van der Waals surface area contributed by atoms with E-state index in [0.29, 0.717) is 52.7 Å². The summed E-state index contributed by atoms with van der Waals surface area (Å²) in [7, 11) is 3.12. The Kier molecular flexibility index (Phi) is 7.20. The number of carbonyl (C=O) groups excluding carboxylic acids is 1. The van der Waals surface area contributed by atoms with E-state index < -0.39 is 0 Å². The first-order chi connectivity index (χ1) is 20.4. The lowest BCUT2D eigenvalue weighted by atomic mass is 9.98. The van der Waals surface area contributed by atoms with Crippen LogP contribution < -0.4 is 19.8 Å². The van der Waals surface area contributed by atoms with Crippen LogP contribution in [0.25, 0.3) is 16.6 Å². The summed E-state index contributed by atoms with van der Waals surface area (Å²) >= 11 is 0. The SMILES string of the molecule is COc1cc2ncnc(Oc3ccc(CC(=O)c4c5n(n(-c6ccc(F)cc6)c4=O)CCCC5)cc3C)c2cc1OC. The fourth-order valence-corrected chi connectivity index (χ4v) is 5.51. The summed E-state index contributed by atoms with van der Waals surface area (Å²) in [5.41, 5.74) is 3.30. The number of hydrogen-bond donors (Lipinski definition) is 0. The lowest BCUT2D eigenvalue weighted by molar-refractivity contribution is 0.0990. The molecule has 1 aliphatic rings. The summed E-state index contributed by atoms with van der Waals surface area (Å²) < 4.78 is 33.9. The third-order valence-corrected chi connectivity index (χ3v) is 7.55. The number of rotatable bonds is 8. The molecule has 0 saturated carbocycles. The Hall–Kier alpha value is -4.99. The van der Waals surface area contributed by atoms with Crippen LogP contribution in [-0.2, 0) is 19.4 Å². The number of fused-ring (bicyclic) bond motifs is 2. The Morgan fingerprint density at radius 3 is 2.45 bits per heavy atom. The van der Waals surface area contributed by atoms with Crippen molar-refractivity contribution in [2.45, 2.75) is 39.2 Å². The van der Waals surface area contributed by atoms with Crippen LogP contribution in [0.2, 0.25) is 0 Å². The molecule has 1 aliphatic heterocycles. The van der Waals surface area contributed by atoms with Crippen molar-refractivity contribution < 1.29 is 23.4 Å². The number of aromatic nitrogens is 4. The lowest BCUT2D eigenvalue weighted by Gasteiger charge is -2.19. The molecule has 0 amide bonds. The molecule has 0 atom stereocenters. The summed E-state index contributed by atoms with van der Waals surface area (Å²) in [6.45, 7) is 2.51. The van der Waals surface area contributed by atoms with E-state index in [1.165, 1.54) is 23.1 Å². The van der Waals surface area contributed by atoms with E-state index in [0.717, 1.165) is 29.7 Å². The highest BCUT2D eigenvalue weighted by Crippen LogP contribution is 2.36. The van der Waals surface area contributed by atoms with Crippen molar-refractivity contribution in [3.63, 3.8) is 0 Å². The van der Waals surface area contributed by atoms with Gasteiger partial charge in [-0.25, -0.2) is 19.0 Å². The molecule has 42 heavy (non-hydrogen) atoms. The van der Waals surface area contributed by atoms with Crippen molar-refractivity contribution >= 4 is 16.7 Å². The third-order valence-electron chi connectivity index (χ3n) is 7.55.